The lowest BCUT2D eigenvalue weighted by molar-refractivity contribution is 0.111. The van der Waals surface area contributed by atoms with Gasteiger partial charge in [-0.2, -0.15) is 0 Å². The van der Waals surface area contributed by atoms with Crippen molar-refractivity contribution in [1.29, 1.82) is 0 Å². The Kier molecular flexibility index (Phi) is 3.89. The van der Waals surface area contributed by atoms with Gasteiger partial charge in [0.1, 0.15) is 13.2 Å². The third-order valence-corrected chi connectivity index (χ3v) is 3.19. The number of ether oxygens (including phenoxy) is 2. The molecule has 1 aliphatic rings. The van der Waals surface area contributed by atoms with Gasteiger partial charge in [-0.1, -0.05) is 26.3 Å². The maximum Gasteiger partial charge on any atom is 0.161 e. The van der Waals surface area contributed by atoms with Crippen LogP contribution in [0.2, 0.25) is 0 Å². The molecule has 0 spiro atoms. The normalized spacial score (nSPS) is 17.6. The molecule has 3 nitrogen and oxygen atoms in total. The van der Waals surface area contributed by atoms with Crippen molar-refractivity contribution in [1.82, 2.24) is 0 Å². The summed E-state index contributed by atoms with van der Waals surface area (Å²) in [5.41, 5.74) is 0.912. The van der Waals surface area contributed by atoms with Crippen LogP contribution in [-0.4, -0.2) is 18.3 Å². The molecule has 94 valence electrons. The van der Waals surface area contributed by atoms with Crippen molar-refractivity contribution >= 4 is 0 Å². The Morgan fingerprint density at radius 1 is 1.24 bits per heavy atom. The summed E-state index contributed by atoms with van der Waals surface area (Å²) in [7, 11) is 0. The Morgan fingerprint density at radius 3 is 2.65 bits per heavy atom. The van der Waals surface area contributed by atoms with Gasteiger partial charge in [0.15, 0.2) is 11.5 Å². The minimum Gasteiger partial charge on any atom is -0.486 e. The highest BCUT2D eigenvalue weighted by atomic mass is 16.6. The fourth-order valence-corrected chi connectivity index (χ4v) is 2.19. The van der Waals surface area contributed by atoms with Crippen LogP contribution < -0.4 is 9.47 Å². The third kappa shape index (κ3) is 2.72. The van der Waals surface area contributed by atoms with Gasteiger partial charge in [-0.05, 0) is 30.0 Å². The molecule has 2 atom stereocenters. The lowest BCUT2D eigenvalue weighted by Gasteiger charge is -2.22. The molecule has 0 radical (unpaired) electrons. The molecule has 17 heavy (non-hydrogen) atoms. The van der Waals surface area contributed by atoms with Gasteiger partial charge in [-0.15, -0.1) is 0 Å². The van der Waals surface area contributed by atoms with Gasteiger partial charge in [0, 0.05) is 0 Å². The summed E-state index contributed by atoms with van der Waals surface area (Å²) in [4.78, 5) is 0. The van der Waals surface area contributed by atoms with Crippen LogP contribution in [0.4, 0.5) is 0 Å². The van der Waals surface area contributed by atoms with Gasteiger partial charge < -0.3 is 14.6 Å². The minimum absolute atomic E-state index is 0.266. The molecule has 0 aromatic heterocycles. The standard InChI is InChI=1S/C14H20O3/c1-3-4-10(2)14(15)11-5-6-12-13(9-11)17-8-7-16-12/h5-6,9-10,14-15H,3-4,7-8H2,1-2H3. The topological polar surface area (TPSA) is 38.7 Å². The van der Waals surface area contributed by atoms with E-state index < -0.39 is 6.10 Å². The van der Waals surface area contributed by atoms with E-state index in [0.29, 0.717) is 13.2 Å². The Hall–Kier alpha value is -1.22. The van der Waals surface area contributed by atoms with Crippen molar-refractivity contribution in [2.24, 2.45) is 5.92 Å². The molecule has 0 aliphatic carbocycles. The summed E-state index contributed by atoms with van der Waals surface area (Å²) in [5.74, 6) is 1.79. The molecule has 2 rings (SSSR count). The summed E-state index contributed by atoms with van der Waals surface area (Å²) in [5, 5.41) is 10.2. The highest BCUT2D eigenvalue weighted by Crippen LogP contribution is 2.35. The van der Waals surface area contributed by atoms with Crippen LogP contribution in [0.15, 0.2) is 18.2 Å². The molecule has 0 fully saturated rings. The maximum absolute atomic E-state index is 10.2. The number of rotatable bonds is 4. The first kappa shape index (κ1) is 12.2. The quantitative estimate of drug-likeness (QED) is 0.873. The van der Waals surface area contributed by atoms with E-state index >= 15 is 0 Å². The van der Waals surface area contributed by atoms with Crippen LogP contribution in [0.5, 0.6) is 11.5 Å². The zero-order valence-electron chi connectivity index (χ0n) is 10.5. The second-order valence-electron chi connectivity index (χ2n) is 4.61. The number of fused-ring (bicyclic) bond motifs is 1. The van der Waals surface area contributed by atoms with Gasteiger partial charge in [-0.3, -0.25) is 0 Å². The lowest BCUT2D eigenvalue weighted by Crippen LogP contribution is -2.16. The largest absolute Gasteiger partial charge is 0.486 e. The Bertz CT molecular complexity index is 376. The smallest absolute Gasteiger partial charge is 0.161 e. The van der Waals surface area contributed by atoms with Gasteiger partial charge >= 0.3 is 0 Å². The molecular formula is C14H20O3. The number of benzene rings is 1. The average molecular weight is 236 g/mol. The van der Waals surface area contributed by atoms with Crippen molar-refractivity contribution in [3.63, 3.8) is 0 Å². The lowest BCUT2D eigenvalue weighted by atomic mass is 9.93. The molecule has 1 heterocycles. The highest BCUT2D eigenvalue weighted by molar-refractivity contribution is 5.44. The molecule has 0 saturated carbocycles. The van der Waals surface area contributed by atoms with Crippen molar-refractivity contribution in [2.45, 2.75) is 32.8 Å². The molecule has 1 aliphatic heterocycles. The van der Waals surface area contributed by atoms with E-state index in [-0.39, 0.29) is 5.92 Å². The monoisotopic (exact) mass is 236 g/mol. The second kappa shape index (κ2) is 5.41. The third-order valence-electron chi connectivity index (χ3n) is 3.19. The van der Waals surface area contributed by atoms with E-state index in [9.17, 15) is 5.11 Å². The number of hydrogen-bond acceptors (Lipinski definition) is 3. The molecule has 3 heteroatoms. The Labute approximate surface area is 102 Å². The van der Waals surface area contributed by atoms with Crippen molar-refractivity contribution in [3.8, 4) is 11.5 Å². The van der Waals surface area contributed by atoms with E-state index in [1.807, 2.05) is 18.2 Å². The molecule has 0 saturated heterocycles. The van der Waals surface area contributed by atoms with Gasteiger partial charge in [0.2, 0.25) is 0 Å². The number of aliphatic hydroxyl groups excluding tert-OH is 1. The van der Waals surface area contributed by atoms with Crippen LogP contribution >= 0.6 is 0 Å². The molecule has 1 N–H and O–H groups in total. The zero-order valence-corrected chi connectivity index (χ0v) is 10.5. The van der Waals surface area contributed by atoms with E-state index in [1.54, 1.807) is 0 Å². The second-order valence-corrected chi connectivity index (χ2v) is 4.61. The predicted molar refractivity (Wildman–Crippen MR) is 66.5 cm³/mol. The van der Waals surface area contributed by atoms with E-state index in [1.165, 1.54) is 0 Å². The maximum atomic E-state index is 10.2. The first-order valence-electron chi connectivity index (χ1n) is 6.30. The fraction of sp³-hybridized carbons (Fsp3) is 0.571. The summed E-state index contributed by atoms with van der Waals surface area (Å²) >= 11 is 0. The van der Waals surface area contributed by atoms with E-state index in [2.05, 4.69) is 13.8 Å². The van der Waals surface area contributed by atoms with Gasteiger partial charge in [0.25, 0.3) is 0 Å². The molecular weight excluding hydrogens is 216 g/mol. The van der Waals surface area contributed by atoms with Crippen LogP contribution in [-0.2, 0) is 0 Å². The van der Waals surface area contributed by atoms with E-state index in [4.69, 9.17) is 9.47 Å². The first-order valence-corrected chi connectivity index (χ1v) is 6.30. The zero-order chi connectivity index (χ0) is 12.3. The Morgan fingerprint density at radius 2 is 1.94 bits per heavy atom. The number of hydrogen-bond donors (Lipinski definition) is 1. The molecule has 1 aromatic rings. The van der Waals surface area contributed by atoms with Crippen molar-refractivity contribution in [3.05, 3.63) is 23.8 Å². The van der Waals surface area contributed by atoms with Crippen LogP contribution in [0.3, 0.4) is 0 Å². The van der Waals surface area contributed by atoms with Crippen LogP contribution in [0, 0.1) is 5.92 Å². The predicted octanol–water partition coefficient (Wildman–Crippen LogP) is 2.93. The number of aliphatic hydroxyl groups is 1. The average Bonchev–Trinajstić information content (AvgIpc) is 2.37. The summed E-state index contributed by atoms with van der Waals surface area (Å²) < 4.78 is 11.0. The van der Waals surface area contributed by atoms with Crippen molar-refractivity contribution in [2.75, 3.05) is 13.2 Å². The van der Waals surface area contributed by atoms with Crippen LogP contribution in [0.25, 0.3) is 0 Å². The summed E-state index contributed by atoms with van der Waals surface area (Å²) in [6.45, 7) is 5.39. The highest BCUT2D eigenvalue weighted by Gasteiger charge is 2.19. The Balaban J connectivity index is 2.15. The molecule has 0 bridgehead atoms. The van der Waals surface area contributed by atoms with E-state index in [0.717, 1.165) is 29.9 Å². The SMILES string of the molecule is CCCC(C)C(O)c1ccc2c(c1)OCCO2. The fourth-order valence-electron chi connectivity index (χ4n) is 2.19. The minimum atomic E-state index is -0.425. The summed E-state index contributed by atoms with van der Waals surface area (Å²) in [6, 6.07) is 5.70. The van der Waals surface area contributed by atoms with Gasteiger partial charge in [0.05, 0.1) is 6.10 Å². The molecule has 0 amide bonds. The van der Waals surface area contributed by atoms with Crippen molar-refractivity contribution < 1.29 is 14.6 Å². The summed E-state index contributed by atoms with van der Waals surface area (Å²) in [6.07, 6.45) is 1.68. The van der Waals surface area contributed by atoms with Crippen LogP contribution in [0.1, 0.15) is 38.4 Å². The first-order chi connectivity index (χ1) is 8.22. The molecule has 2 unspecified atom stereocenters. The molecule has 1 aromatic carbocycles. The van der Waals surface area contributed by atoms with Gasteiger partial charge in [-0.25, -0.2) is 0 Å².